The molecule has 0 radical (unpaired) electrons. The summed E-state index contributed by atoms with van der Waals surface area (Å²) in [4.78, 5) is 17.2. The van der Waals surface area contributed by atoms with E-state index in [0.717, 1.165) is 30.9 Å². The molecule has 0 aliphatic carbocycles. The van der Waals surface area contributed by atoms with Gasteiger partial charge in [-0.3, -0.25) is 4.79 Å². The van der Waals surface area contributed by atoms with Crippen LogP contribution < -0.4 is 23.8 Å². The Kier molecular flexibility index (Phi) is 9.09. The van der Waals surface area contributed by atoms with E-state index >= 15 is 0 Å². The van der Waals surface area contributed by atoms with Gasteiger partial charge in [0.2, 0.25) is 0 Å². The summed E-state index contributed by atoms with van der Waals surface area (Å²) in [6.45, 7) is 2.35. The zero-order chi connectivity index (χ0) is 23.9. The standard InChI is InChI=1S/C27H30N2O5.ClH/c1-31-22-12-10-21(11-13-22)28(18-20-8-5-4-6-9-20)14-7-15-29-19-34-24-17-26(33-3)25(32-2)16-23(24)27(29)30;/h4-6,8-13,16-17H,7,14-15,18-19H2,1-3H3;1H. The number of methoxy groups -OCH3 is 3. The van der Waals surface area contributed by atoms with E-state index < -0.39 is 0 Å². The monoisotopic (exact) mass is 498 g/mol. The molecule has 7 nitrogen and oxygen atoms in total. The molecule has 1 amide bonds. The number of hydrogen-bond donors (Lipinski definition) is 0. The van der Waals surface area contributed by atoms with Crippen molar-refractivity contribution >= 4 is 24.0 Å². The average Bonchev–Trinajstić information content (AvgIpc) is 2.89. The van der Waals surface area contributed by atoms with Gasteiger partial charge in [-0.15, -0.1) is 12.4 Å². The Morgan fingerprint density at radius 3 is 2.26 bits per heavy atom. The lowest BCUT2D eigenvalue weighted by molar-refractivity contribution is 0.0518. The van der Waals surface area contributed by atoms with Gasteiger partial charge >= 0.3 is 0 Å². The molecule has 0 aromatic heterocycles. The summed E-state index contributed by atoms with van der Waals surface area (Å²) in [6.07, 6.45) is 0.788. The fraction of sp³-hybridized carbons (Fsp3) is 0.296. The number of fused-ring (bicyclic) bond motifs is 1. The minimum Gasteiger partial charge on any atom is -0.497 e. The minimum atomic E-state index is -0.0683. The Balaban J connectivity index is 0.00000342. The van der Waals surface area contributed by atoms with Gasteiger partial charge in [0.25, 0.3) is 5.91 Å². The second-order valence-electron chi connectivity index (χ2n) is 8.00. The molecule has 8 heteroatoms. The van der Waals surface area contributed by atoms with E-state index in [-0.39, 0.29) is 25.0 Å². The van der Waals surface area contributed by atoms with Crippen LogP contribution >= 0.6 is 12.4 Å². The average molecular weight is 499 g/mol. The fourth-order valence-corrected chi connectivity index (χ4v) is 4.04. The first-order valence-electron chi connectivity index (χ1n) is 11.2. The van der Waals surface area contributed by atoms with Crippen molar-refractivity contribution in [1.29, 1.82) is 0 Å². The largest absolute Gasteiger partial charge is 0.497 e. The van der Waals surface area contributed by atoms with Crippen molar-refractivity contribution in [3.8, 4) is 23.0 Å². The summed E-state index contributed by atoms with van der Waals surface area (Å²) in [6, 6.07) is 21.8. The summed E-state index contributed by atoms with van der Waals surface area (Å²) in [5.41, 5.74) is 2.82. The number of ether oxygens (including phenoxy) is 4. The van der Waals surface area contributed by atoms with E-state index in [0.29, 0.717) is 29.4 Å². The maximum atomic E-state index is 13.1. The topological polar surface area (TPSA) is 60.5 Å². The van der Waals surface area contributed by atoms with Crippen LogP contribution in [0.25, 0.3) is 0 Å². The van der Waals surface area contributed by atoms with Gasteiger partial charge in [0, 0.05) is 37.5 Å². The quantitative estimate of drug-likeness (QED) is 0.391. The van der Waals surface area contributed by atoms with Crippen molar-refractivity contribution in [2.75, 3.05) is 46.0 Å². The van der Waals surface area contributed by atoms with Crippen LogP contribution in [0.1, 0.15) is 22.3 Å². The summed E-state index contributed by atoms with van der Waals surface area (Å²) >= 11 is 0. The van der Waals surface area contributed by atoms with E-state index in [1.54, 1.807) is 38.4 Å². The zero-order valence-electron chi connectivity index (χ0n) is 20.2. The molecular formula is C27H31ClN2O5. The van der Waals surface area contributed by atoms with Gasteiger partial charge in [-0.2, -0.15) is 0 Å². The highest BCUT2D eigenvalue weighted by molar-refractivity contribution is 5.98. The number of carbonyl (C=O) groups is 1. The lowest BCUT2D eigenvalue weighted by atomic mass is 10.1. The Morgan fingerprint density at radius 1 is 0.914 bits per heavy atom. The van der Waals surface area contributed by atoms with Crippen molar-refractivity contribution in [1.82, 2.24) is 4.90 Å². The van der Waals surface area contributed by atoms with E-state index in [1.165, 1.54) is 5.56 Å². The van der Waals surface area contributed by atoms with Crippen molar-refractivity contribution in [2.45, 2.75) is 13.0 Å². The number of rotatable bonds is 10. The molecular weight excluding hydrogens is 468 g/mol. The first-order chi connectivity index (χ1) is 16.6. The second-order valence-corrected chi connectivity index (χ2v) is 8.00. The predicted molar refractivity (Wildman–Crippen MR) is 138 cm³/mol. The molecule has 1 aliphatic heterocycles. The van der Waals surface area contributed by atoms with E-state index in [4.69, 9.17) is 18.9 Å². The van der Waals surface area contributed by atoms with Crippen molar-refractivity contribution < 1.29 is 23.7 Å². The summed E-state index contributed by atoms with van der Waals surface area (Å²) in [5, 5.41) is 0. The minimum absolute atomic E-state index is 0. The molecule has 0 unspecified atom stereocenters. The highest BCUT2D eigenvalue weighted by Gasteiger charge is 2.27. The van der Waals surface area contributed by atoms with Crippen LogP contribution in [0.5, 0.6) is 23.0 Å². The lowest BCUT2D eigenvalue weighted by Crippen LogP contribution is -2.40. The Labute approximate surface area is 212 Å². The number of carbonyl (C=O) groups excluding carboxylic acids is 1. The van der Waals surface area contributed by atoms with Crippen molar-refractivity contribution in [2.24, 2.45) is 0 Å². The van der Waals surface area contributed by atoms with Crippen LogP contribution in [0.3, 0.4) is 0 Å². The van der Waals surface area contributed by atoms with Crippen molar-refractivity contribution in [3.05, 3.63) is 77.9 Å². The molecule has 4 rings (SSSR count). The molecule has 35 heavy (non-hydrogen) atoms. The smallest absolute Gasteiger partial charge is 0.260 e. The van der Waals surface area contributed by atoms with E-state index in [2.05, 4.69) is 29.2 Å². The lowest BCUT2D eigenvalue weighted by Gasteiger charge is -2.31. The first kappa shape index (κ1) is 26.0. The van der Waals surface area contributed by atoms with Gasteiger partial charge in [-0.1, -0.05) is 30.3 Å². The third-order valence-corrected chi connectivity index (χ3v) is 5.89. The molecule has 0 fully saturated rings. The van der Waals surface area contributed by atoms with Gasteiger partial charge < -0.3 is 28.7 Å². The first-order valence-corrected chi connectivity index (χ1v) is 11.2. The number of nitrogens with zero attached hydrogens (tertiary/aromatic N) is 2. The van der Waals surface area contributed by atoms with Gasteiger partial charge in [0.15, 0.2) is 18.2 Å². The van der Waals surface area contributed by atoms with Crippen LogP contribution in [-0.4, -0.2) is 52.0 Å². The van der Waals surface area contributed by atoms with Gasteiger partial charge in [-0.25, -0.2) is 0 Å². The number of benzene rings is 3. The third-order valence-electron chi connectivity index (χ3n) is 5.89. The maximum Gasteiger partial charge on any atom is 0.260 e. The Morgan fingerprint density at radius 2 is 1.60 bits per heavy atom. The molecule has 0 atom stereocenters. The Hall–Kier alpha value is -3.58. The molecule has 0 bridgehead atoms. The number of hydrogen-bond acceptors (Lipinski definition) is 6. The molecule has 0 spiro atoms. The number of amides is 1. The summed E-state index contributed by atoms with van der Waals surface area (Å²) < 4.78 is 21.8. The molecule has 0 saturated heterocycles. The highest BCUT2D eigenvalue weighted by Crippen LogP contribution is 2.37. The molecule has 1 aliphatic rings. The SMILES string of the molecule is COc1ccc(N(CCCN2COc3cc(OC)c(OC)cc3C2=O)Cc2ccccc2)cc1.Cl. The van der Waals surface area contributed by atoms with Crippen molar-refractivity contribution in [3.63, 3.8) is 0 Å². The van der Waals surface area contributed by atoms with Crippen LogP contribution in [0.4, 0.5) is 5.69 Å². The number of halogens is 1. The summed E-state index contributed by atoms with van der Waals surface area (Å²) in [7, 11) is 4.78. The summed E-state index contributed by atoms with van der Waals surface area (Å²) in [5.74, 6) is 2.32. The van der Waals surface area contributed by atoms with E-state index in [9.17, 15) is 4.79 Å². The van der Waals surface area contributed by atoms with Crippen LogP contribution in [0.15, 0.2) is 66.7 Å². The second kappa shape index (κ2) is 12.2. The molecule has 3 aromatic rings. The van der Waals surface area contributed by atoms with E-state index in [1.807, 2.05) is 30.3 Å². The molecule has 0 N–H and O–H groups in total. The van der Waals surface area contributed by atoms with Crippen LogP contribution in [0, 0.1) is 0 Å². The zero-order valence-corrected chi connectivity index (χ0v) is 21.0. The number of anilines is 1. The fourth-order valence-electron chi connectivity index (χ4n) is 4.04. The predicted octanol–water partition coefficient (Wildman–Crippen LogP) is 5.02. The van der Waals surface area contributed by atoms with Gasteiger partial charge in [0.05, 0.1) is 26.9 Å². The van der Waals surface area contributed by atoms with Crippen LogP contribution in [-0.2, 0) is 6.54 Å². The van der Waals surface area contributed by atoms with Gasteiger partial charge in [0.1, 0.15) is 11.5 Å². The normalized spacial score (nSPS) is 12.2. The maximum absolute atomic E-state index is 13.1. The van der Waals surface area contributed by atoms with Crippen LogP contribution in [0.2, 0.25) is 0 Å². The highest BCUT2D eigenvalue weighted by atomic mass is 35.5. The molecule has 0 saturated carbocycles. The van der Waals surface area contributed by atoms with Gasteiger partial charge in [-0.05, 0) is 36.2 Å². The Bertz CT molecular complexity index is 1110. The molecule has 3 aromatic carbocycles. The molecule has 1 heterocycles. The third kappa shape index (κ3) is 6.11. The molecule has 186 valence electrons.